The van der Waals surface area contributed by atoms with Crippen molar-refractivity contribution in [1.29, 1.82) is 0 Å². The molecule has 2 atom stereocenters. The van der Waals surface area contributed by atoms with Crippen molar-refractivity contribution in [3.05, 3.63) is 41.7 Å². The van der Waals surface area contributed by atoms with Crippen molar-refractivity contribution in [1.82, 2.24) is 20.3 Å². The lowest BCUT2D eigenvalue weighted by atomic mass is 9.92. The van der Waals surface area contributed by atoms with E-state index in [1.807, 2.05) is 23.0 Å². The van der Waals surface area contributed by atoms with Crippen LogP contribution in [0.3, 0.4) is 0 Å². The average molecular weight is 302 g/mol. The molecule has 6 heteroatoms. The van der Waals surface area contributed by atoms with Gasteiger partial charge in [0.15, 0.2) is 0 Å². The molecule has 3 rings (SSSR count). The fraction of sp³-hybridized carbons (Fsp3) is 0.500. The molecule has 22 heavy (non-hydrogen) atoms. The lowest BCUT2D eigenvalue weighted by molar-refractivity contribution is 0.116. The summed E-state index contributed by atoms with van der Waals surface area (Å²) in [5.74, 6) is 0.961. The number of methoxy groups -OCH3 is 1. The highest BCUT2D eigenvalue weighted by Gasteiger charge is 2.26. The van der Waals surface area contributed by atoms with Crippen molar-refractivity contribution >= 4 is 0 Å². The van der Waals surface area contributed by atoms with E-state index in [0.29, 0.717) is 6.54 Å². The van der Waals surface area contributed by atoms with Crippen molar-refractivity contribution in [2.45, 2.75) is 31.4 Å². The monoisotopic (exact) mass is 302 g/mol. The highest BCUT2D eigenvalue weighted by molar-refractivity contribution is 5.27. The van der Waals surface area contributed by atoms with E-state index in [9.17, 15) is 5.11 Å². The van der Waals surface area contributed by atoms with Crippen LogP contribution in [-0.2, 0) is 13.0 Å². The SMILES string of the molecule is COc1ccc(CCn2cc([C@H]3CCNC[C@@H]3O)nn2)cc1. The van der Waals surface area contributed by atoms with Gasteiger partial charge in [-0.25, -0.2) is 0 Å². The second kappa shape index (κ2) is 6.89. The average Bonchev–Trinajstić information content (AvgIpc) is 3.02. The van der Waals surface area contributed by atoms with Gasteiger partial charge in [0.1, 0.15) is 5.75 Å². The van der Waals surface area contributed by atoms with Gasteiger partial charge in [-0.05, 0) is 37.1 Å². The predicted octanol–water partition coefficient (Wildman–Crippen LogP) is 0.967. The number of nitrogens with zero attached hydrogens (tertiary/aromatic N) is 3. The predicted molar refractivity (Wildman–Crippen MR) is 83.0 cm³/mol. The van der Waals surface area contributed by atoms with E-state index in [2.05, 4.69) is 27.8 Å². The van der Waals surface area contributed by atoms with E-state index in [1.54, 1.807) is 7.11 Å². The van der Waals surface area contributed by atoms with E-state index in [4.69, 9.17) is 4.74 Å². The van der Waals surface area contributed by atoms with Gasteiger partial charge in [0.25, 0.3) is 0 Å². The molecule has 1 aromatic heterocycles. The molecule has 118 valence electrons. The third kappa shape index (κ3) is 3.45. The zero-order valence-corrected chi connectivity index (χ0v) is 12.8. The van der Waals surface area contributed by atoms with E-state index in [1.165, 1.54) is 5.56 Å². The van der Waals surface area contributed by atoms with Crippen LogP contribution >= 0.6 is 0 Å². The molecule has 0 spiro atoms. The molecule has 0 amide bonds. The van der Waals surface area contributed by atoms with Gasteiger partial charge < -0.3 is 15.2 Å². The Morgan fingerprint density at radius 2 is 2.18 bits per heavy atom. The van der Waals surface area contributed by atoms with E-state index >= 15 is 0 Å². The number of rotatable bonds is 5. The van der Waals surface area contributed by atoms with Crippen LogP contribution in [0, 0.1) is 0 Å². The molecule has 2 N–H and O–H groups in total. The van der Waals surface area contributed by atoms with E-state index in [-0.39, 0.29) is 12.0 Å². The first-order valence-corrected chi connectivity index (χ1v) is 7.68. The minimum absolute atomic E-state index is 0.0935. The Bertz CT molecular complexity index is 596. The van der Waals surface area contributed by atoms with Crippen LogP contribution in [0.25, 0.3) is 0 Å². The first-order valence-electron chi connectivity index (χ1n) is 7.68. The Labute approximate surface area is 130 Å². The minimum atomic E-state index is -0.375. The maximum Gasteiger partial charge on any atom is 0.118 e. The Balaban J connectivity index is 1.59. The van der Waals surface area contributed by atoms with Crippen molar-refractivity contribution in [2.75, 3.05) is 20.2 Å². The highest BCUT2D eigenvalue weighted by atomic mass is 16.5. The number of piperidine rings is 1. The molecule has 2 heterocycles. The molecule has 1 fully saturated rings. The second-order valence-corrected chi connectivity index (χ2v) is 5.67. The number of nitrogens with one attached hydrogen (secondary N) is 1. The lowest BCUT2D eigenvalue weighted by Crippen LogP contribution is -2.39. The third-order valence-electron chi connectivity index (χ3n) is 4.17. The molecular formula is C16H22N4O2. The molecule has 0 radical (unpaired) electrons. The number of ether oxygens (including phenoxy) is 1. The van der Waals surface area contributed by atoms with Crippen LogP contribution in [0.2, 0.25) is 0 Å². The number of hydrogen-bond donors (Lipinski definition) is 2. The summed E-state index contributed by atoms with van der Waals surface area (Å²) in [4.78, 5) is 0. The summed E-state index contributed by atoms with van der Waals surface area (Å²) in [6.45, 7) is 2.32. The molecule has 1 saturated heterocycles. The normalized spacial score (nSPS) is 21.7. The summed E-state index contributed by atoms with van der Waals surface area (Å²) in [5.41, 5.74) is 2.13. The van der Waals surface area contributed by atoms with Crippen molar-refractivity contribution in [3.8, 4) is 5.75 Å². The van der Waals surface area contributed by atoms with Crippen LogP contribution in [0.4, 0.5) is 0 Å². The van der Waals surface area contributed by atoms with Crippen molar-refractivity contribution in [2.24, 2.45) is 0 Å². The maximum atomic E-state index is 10.0. The second-order valence-electron chi connectivity index (χ2n) is 5.67. The fourth-order valence-electron chi connectivity index (χ4n) is 2.82. The van der Waals surface area contributed by atoms with Gasteiger partial charge in [0, 0.05) is 25.2 Å². The molecule has 1 aromatic carbocycles. The largest absolute Gasteiger partial charge is 0.497 e. The van der Waals surface area contributed by atoms with Crippen molar-refractivity contribution in [3.63, 3.8) is 0 Å². The van der Waals surface area contributed by atoms with Crippen LogP contribution in [0.5, 0.6) is 5.75 Å². The molecule has 6 nitrogen and oxygen atoms in total. The Morgan fingerprint density at radius 3 is 2.91 bits per heavy atom. The molecule has 1 aliphatic heterocycles. The molecular weight excluding hydrogens is 280 g/mol. The number of β-amino-alcohol motifs (C(OH)–C–C–N with tert-alkyl or cyclic N) is 1. The number of benzene rings is 1. The Hall–Kier alpha value is -1.92. The van der Waals surface area contributed by atoms with Gasteiger partial charge in [0.2, 0.25) is 0 Å². The minimum Gasteiger partial charge on any atom is -0.497 e. The van der Waals surface area contributed by atoms with Crippen LogP contribution < -0.4 is 10.1 Å². The Morgan fingerprint density at radius 1 is 1.36 bits per heavy atom. The van der Waals surface area contributed by atoms with Gasteiger partial charge in [-0.1, -0.05) is 17.3 Å². The molecule has 1 aliphatic rings. The van der Waals surface area contributed by atoms with Crippen LogP contribution in [-0.4, -0.2) is 46.4 Å². The number of aromatic nitrogens is 3. The highest BCUT2D eigenvalue weighted by Crippen LogP contribution is 2.23. The van der Waals surface area contributed by atoms with Crippen molar-refractivity contribution < 1.29 is 9.84 Å². The third-order valence-corrected chi connectivity index (χ3v) is 4.17. The standard InChI is InChI=1S/C16H22N4O2/c1-22-13-4-2-12(3-5-13)7-9-20-11-15(18-19-20)14-6-8-17-10-16(14)21/h2-5,11,14,16-17,21H,6-10H2,1H3/t14-,16+/m1/s1. The number of aryl methyl sites for hydroxylation is 2. The molecule has 0 bridgehead atoms. The van der Waals surface area contributed by atoms with Gasteiger partial charge in [0.05, 0.1) is 18.9 Å². The molecule has 0 saturated carbocycles. The maximum absolute atomic E-state index is 10.0. The molecule has 2 aromatic rings. The van der Waals surface area contributed by atoms with E-state index < -0.39 is 0 Å². The summed E-state index contributed by atoms with van der Waals surface area (Å²) in [6.07, 6.45) is 3.38. The molecule has 0 unspecified atom stereocenters. The summed E-state index contributed by atoms with van der Waals surface area (Å²) in [5, 5.41) is 21.6. The summed E-state index contributed by atoms with van der Waals surface area (Å²) < 4.78 is 7.01. The van der Waals surface area contributed by atoms with E-state index in [0.717, 1.165) is 37.4 Å². The number of aliphatic hydroxyl groups is 1. The smallest absolute Gasteiger partial charge is 0.118 e. The topological polar surface area (TPSA) is 72.2 Å². The number of aliphatic hydroxyl groups excluding tert-OH is 1. The van der Waals surface area contributed by atoms with Gasteiger partial charge in [-0.15, -0.1) is 5.10 Å². The first-order chi connectivity index (χ1) is 10.8. The summed E-state index contributed by atoms with van der Waals surface area (Å²) >= 11 is 0. The zero-order valence-electron chi connectivity index (χ0n) is 12.8. The fourth-order valence-corrected chi connectivity index (χ4v) is 2.82. The first kappa shape index (κ1) is 15.0. The van der Waals surface area contributed by atoms with Gasteiger partial charge in [-0.2, -0.15) is 0 Å². The zero-order chi connectivity index (χ0) is 15.4. The van der Waals surface area contributed by atoms with Gasteiger partial charge >= 0.3 is 0 Å². The van der Waals surface area contributed by atoms with Gasteiger partial charge in [-0.3, -0.25) is 4.68 Å². The summed E-state index contributed by atoms with van der Waals surface area (Å²) in [7, 11) is 1.67. The Kier molecular flexibility index (Phi) is 4.70. The van der Waals surface area contributed by atoms with Crippen LogP contribution in [0.15, 0.2) is 30.5 Å². The quantitative estimate of drug-likeness (QED) is 0.861. The lowest BCUT2D eigenvalue weighted by Gasteiger charge is -2.26. The molecule has 0 aliphatic carbocycles. The summed E-state index contributed by atoms with van der Waals surface area (Å²) in [6, 6.07) is 8.06. The van der Waals surface area contributed by atoms with Crippen LogP contribution in [0.1, 0.15) is 23.6 Å². The number of hydrogen-bond acceptors (Lipinski definition) is 5.